The molecule has 0 radical (unpaired) electrons. The van der Waals surface area contributed by atoms with E-state index in [1.165, 1.54) is 0 Å². The van der Waals surface area contributed by atoms with E-state index in [2.05, 4.69) is 28.6 Å². The summed E-state index contributed by atoms with van der Waals surface area (Å²) in [6.45, 7) is 2.65. The molecular weight excluding hydrogens is 392 g/mol. The Hall–Kier alpha value is -2.50. The molecule has 2 aliphatic heterocycles. The van der Waals surface area contributed by atoms with E-state index < -0.39 is 0 Å². The summed E-state index contributed by atoms with van der Waals surface area (Å²) in [5.74, 6) is 1.76. The van der Waals surface area contributed by atoms with Gasteiger partial charge in [-0.15, -0.1) is 11.3 Å². The fourth-order valence-corrected chi connectivity index (χ4v) is 4.69. The lowest BCUT2D eigenvalue weighted by Crippen LogP contribution is -2.33. The van der Waals surface area contributed by atoms with E-state index in [1.54, 1.807) is 11.3 Å². The fraction of sp³-hybridized carbons (Fsp3) is 0.227. The lowest BCUT2D eigenvalue weighted by molar-refractivity contribution is -0.0165. The van der Waals surface area contributed by atoms with E-state index in [0.29, 0.717) is 11.6 Å². The molecular formula is C22H19ClN2O2S. The monoisotopic (exact) mass is 410 g/mol. The van der Waals surface area contributed by atoms with Crippen LogP contribution in [-0.2, 0) is 0 Å². The average molecular weight is 411 g/mol. The predicted molar refractivity (Wildman–Crippen MR) is 112 cm³/mol. The molecule has 4 nitrogen and oxygen atoms in total. The van der Waals surface area contributed by atoms with E-state index in [-0.39, 0.29) is 12.3 Å². The van der Waals surface area contributed by atoms with E-state index in [9.17, 15) is 0 Å². The minimum Gasteiger partial charge on any atom is -0.494 e. The second-order valence-corrected chi connectivity index (χ2v) is 8.19. The molecule has 28 heavy (non-hydrogen) atoms. The number of hydrazone groups is 1. The van der Waals surface area contributed by atoms with Crippen molar-refractivity contribution in [2.45, 2.75) is 25.6 Å². The van der Waals surface area contributed by atoms with Gasteiger partial charge in [-0.3, -0.25) is 0 Å². The number of hydrogen-bond donors (Lipinski definition) is 0. The molecule has 0 saturated carbocycles. The molecule has 2 aromatic carbocycles. The Kier molecular flexibility index (Phi) is 4.49. The van der Waals surface area contributed by atoms with Crippen molar-refractivity contribution in [1.82, 2.24) is 5.01 Å². The Morgan fingerprint density at radius 3 is 2.82 bits per heavy atom. The topological polar surface area (TPSA) is 34.1 Å². The van der Waals surface area contributed by atoms with Crippen molar-refractivity contribution in [3.05, 3.63) is 81.0 Å². The molecule has 0 aliphatic carbocycles. The molecule has 6 heteroatoms. The Labute approximate surface area is 173 Å². The van der Waals surface area contributed by atoms with E-state index in [1.807, 2.05) is 43.3 Å². The highest BCUT2D eigenvalue weighted by Gasteiger charge is 2.41. The van der Waals surface area contributed by atoms with Crippen LogP contribution in [0.3, 0.4) is 0 Å². The molecule has 2 atom stereocenters. The lowest BCUT2D eigenvalue weighted by atomic mass is 9.96. The molecule has 3 heterocycles. The van der Waals surface area contributed by atoms with Crippen molar-refractivity contribution in [2.24, 2.45) is 5.10 Å². The van der Waals surface area contributed by atoms with Crippen molar-refractivity contribution < 1.29 is 9.47 Å². The molecule has 0 saturated heterocycles. The highest BCUT2D eigenvalue weighted by atomic mass is 35.5. The van der Waals surface area contributed by atoms with Gasteiger partial charge in [-0.25, -0.2) is 5.01 Å². The van der Waals surface area contributed by atoms with Gasteiger partial charge in [0, 0.05) is 17.0 Å². The van der Waals surface area contributed by atoms with Gasteiger partial charge in [-0.2, -0.15) is 5.10 Å². The molecule has 5 rings (SSSR count). The first-order chi connectivity index (χ1) is 13.7. The molecule has 0 unspecified atom stereocenters. The number of fused-ring (bicyclic) bond motifs is 3. The van der Waals surface area contributed by atoms with Crippen LogP contribution in [0.5, 0.6) is 11.5 Å². The third-order valence-corrected chi connectivity index (χ3v) is 6.18. The maximum atomic E-state index is 6.33. The Bertz CT molecular complexity index is 1020. The summed E-state index contributed by atoms with van der Waals surface area (Å²) >= 11 is 7.96. The number of ether oxygens (including phenoxy) is 2. The van der Waals surface area contributed by atoms with Gasteiger partial charge in [-0.05, 0) is 66.4 Å². The maximum absolute atomic E-state index is 6.33. The molecule has 0 N–H and O–H groups in total. The van der Waals surface area contributed by atoms with Gasteiger partial charge < -0.3 is 9.47 Å². The van der Waals surface area contributed by atoms with Crippen LogP contribution >= 0.6 is 22.9 Å². The fourth-order valence-electron chi connectivity index (χ4n) is 3.76. The molecule has 0 bridgehead atoms. The number of halogens is 1. The normalized spacial score (nSPS) is 20.2. The van der Waals surface area contributed by atoms with Crippen LogP contribution in [0.25, 0.3) is 0 Å². The molecule has 0 fully saturated rings. The molecule has 1 aromatic heterocycles. The summed E-state index contributed by atoms with van der Waals surface area (Å²) in [5, 5.41) is 9.83. The summed E-state index contributed by atoms with van der Waals surface area (Å²) < 4.78 is 11.9. The summed E-state index contributed by atoms with van der Waals surface area (Å²) in [5.41, 5.74) is 3.24. The average Bonchev–Trinajstić information content (AvgIpc) is 3.39. The van der Waals surface area contributed by atoms with Crippen LogP contribution in [0.1, 0.15) is 41.6 Å². The van der Waals surface area contributed by atoms with Crippen LogP contribution in [0.2, 0.25) is 5.02 Å². The largest absolute Gasteiger partial charge is 0.494 e. The van der Waals surface area contributed by atoms with Crippen molar-refractivity contribution in [2.75, 3.05) is 6.61 Å². The number of rotatable bonds is 4. The van der Waals surface area contributed by atoms with Gasteiger partial charge in [-0.1, -0.05) is 17.7 Å². The number of nitrogens with zero attached hydrogens (tertiary/aromatic N) is 2. The molecule has 2 aliphatic rings. The second-order valence-electron chi connectivity index (χ2n) is 6.77. The van der Waals surface area contributed by atoms with Crippen molar-refractivity contribution in [3.63, 3.8) is 0 Å². The van der Waals surface area contributed by atoms with Crippen LogP contribution in [0.4, 0.5) is 0 Å². The SMILES string of the molecule is CCOc1ccc(C2=NN3[C@@H](c4cccs4)Oc4ccc(Cl)cc4[C@@H]3C2)cc1. The van der Waals surface area contributed by atoms with Crippen LogP contribution < -0.4 is 9.47 Å². The quantitative estimate of drug-likeness (QED) is 0.525. The Balaban J connectivity index is 1.53. The van der Waals surface area contributed by atoms with Gasteiger partial charge in [0.15, 0.2) is 0 Å². The summed E-state index contributed by atoms with van der Waals surface area (Å²) in [6, 6.07) is 18.2. The van der Waals surface area contributed by atoms with Gasteiger partial charge >= 0.3 is 0 Å². The lowest BCUT2D eigenvalue weighted by Gasteiger charge is -2.37. The summed E-state index contributed by atoms with van der Waals surface area (Å²) in [7, 11) is 0. The first-order valence-corrected chi connectivity index (χ1v) is 10.6. The Morgan fingerprint density at radius 2 is 2.07 bits per heavy atom. The second kappa shape index (κ2) is 7.15. The zero-order valence-electron chi connectivity index (χ0n) is 15.3. The van der Waals surface area contributed by atoms with E-state index in [4.69, 9.17) is 26.2 Å². The third kappa shape index (κ3) is 3.05. The van der Waals surface area contributed by atoms with E-state index >= 15 is 0 Å². The van der Waals surface area contributed by atoms with Gasteiger partial charge in [0.2, 0.25) is 6.23 Å². The summed E-state index contributed by atoms with van der Waals surface area (Å²) in [4.78, 5) is 1.14. The van der Waals surface area contributed by atoms with E-state index in [0.717, 1.165) is 39.6 Å². The highest BCUT2D eigenvalue weighted by molar-refractivity contribution is 7.10. The molecule has 0 amide bonds. The molecule has 142 valence electrons. The maximum Gasteiger partial charge on any atom is 0.222 e. The smallest absolute Gasteiger partial charge is 0.222 e. The zero-order valence-corrected chi connectivity index (χ0v) is 16.9. The van der Waals surface area contributed by atoms with Crippen molar-refractivity contribution >= 4 is 28.6 Å². The first kappa shape index (κ1) is 17.6. The van der Waals surface area contributed by atoms with Gasteiger partial charge in [0.05, 0.1) is 23.2 Å². The first-order valence-electron chi connectivity index (χ1n) is 9.31. The molecule has 0 spiro atoms. The van der Waals surface area contributed by atoms with Gasteiger partial charge in [0.25, 0.3) is 0 Å². The highest BCUT2D eigenvalue weighted by Crippen LogP contribution is 2.48. The van der Waals surface area contributed by atoms with Crippen molar-refractivity contribution in [3.8, 4) is 11.5 Å². The van der Waals surface area contributed by atoms with Gasteiger partial charge in [0.1, 0.15) is 11.5 Å². The Morgan fingerprint density at radius 1 is 1.21 bits per heavy atom. The van der Waals surface area contributed by atoms with Crippen LogP contribution in [0, 0.1) is 0 Å². The van der Waals surface area contributed by atoms with Crippen LogP contribution in [0.15, 0.2) is 65.1 Å². The number of hydrogen-bond acceptors (Lipinski definition) is 5. The van der Waals surface area contributed by atoms with Crippen LogP contribution in [-0.4, -0.2) is 17.3 Å². The van der Waals surface area contributed by atoms with Crippen molar-refractivity contribution in [1.29, 1.82) is 0 Å². The third-order valence-electron chi connectivity index (χ3n) is 5.04. The number of benzene rings is 2. The predicted octanol–water partition coefficient (Wildman–Crippen LogP) is 6.04. The number of thiophene rings is 1. The minimum atomic E-state index is -0.223. The molecule has 3 aromatic rings. The zero-order chi connectivity index (χ0) is 19.1. The standard InChI is InChI=1S/C22H19ClN2O2S/c1-2-26-16-8-5-14(6-9-16)18-13-19-17-12-15(23)7-10-20(17)27-22(25(19)24-18)21-4-3-11-28-21/h3-12,19,22H,2,13H2,1H3/t19-,22+/m0/s1. The minimum absolute atomic E-state index is 0.108. The summed E-state index contributed by atoms with van der Waals surface area (Å²) in [6.07, 6.45) is 0.589.